The van der Waals surface area contributed by atoms with Gasteiger partial charge in [-0.1, -0.05) is 36.7 Å². The Labute approximate surface area is 160 Å². The van der Waals surface area contributed by atoms with Crippen molar-refractivity contribution in [2.75, 3.05) is 19.8 Å². The molecule has 0 aliphatic carbocycles. The topological polar surface area (TPSA) is 113 Å². The second-order valence-corrected chi connectivity index (χ2v) is 6.07. The molecule has 0 amide bonds. The summed E-state index contributed by atoms with van der Waals surface area (Å²) in [6.07, 6.45) is -2.37. The van der Waals surface area contributed by atoms with Gasteiger partial charge in [0.05, 0.1) is 11.6 Å². The van der Waals surface area contributed by atoms with Gasteiger partial charge < -0.3 is 24.8 Å². The molecule has 144 valence electrons. The maximum atomic E-state index is 12.1. The molecule has 0 fully saturated rings. The van der Waals surface area contributed by atoms with E-state index in [-0.39, 0.29) is 27.1 Å². The lowest BCUT2D eigenvalue weighted by molar-refractivity contribution is -0.152. The minimum absolute atomic E-state index is 0.0152. The molecule has 0 saturated heterocycles. The standard InChI is InChI=1S/C17H20Cl2O7/c1-3-9(2)17(24)10-4-5-13(16(19)15(10)18)25-8-14(23)26-7-12(22)11(21)6-20/h4-5,11-12,20-22H,2-3,6-8H2,1H3/t11-,12+/m1/s1. The summed E-state index contributed by atoms with van der Waals surface area (Å²) in [7, 11) is 0. The quantitative estimate of drug-likeness (QED) is 0.308. The van der Waals surface area contributed by atoms with Gasteiger partial charge in [0.25, 0.3) is 0 Å². The summed E-state index contributed by atoms with van der Waals surface area (Å²) < 4.78 is 9.90. The van der Waals surface area contributed by atoms with Crippen LogP contribution in [0.2, 0.25) is 10.0 Å². The molecule has 26 heavy (non-hydrogen) atoms. The first-order valence-electron chi connectivity index (χ1n) is 7.68. The van der Waals surface area contributed by atoms with E-state index in [0.717, 1.165) is 0 Å². The Hall–Kier alpha value is -1.64. The van der Waals surface area contributed by atoms with Gasteiger partial charge in [-0.3, -0.25) is 4.79 Å². The van der Waals surface area contributed by atoms with E-state index in [1.807, 2.05) is 0 Å². The number of hydrogen-bond donors (Lipinski definition) is 3. The molecule has 2 atom stereocenters. The molecular formula is C17H20Cl2O7. The predicted octanol–water partition coefficient (Wildman–Crippen LogP) is 1.78. The zero-order valence-electron chi connectivity index (χ0n) is 14.1. The maximum absolute atomic E-state index is 12.1. The third-order valence-electron chi connectivity index (χ3n) is 3.43. The zero-order valence-corrected chi connectivity index (χ0v) is 15.6. The number of allylic oxidation sites excluding steroid dienone is 1. The van der Waals surface area contributed by atoms with E-state index in [9.17, 15) is 14.7 Å². The smallest absolute Gasteiger partial charge is 0.344 e. The highest BCUT2D eigenvalue weighted by Crippen LogP contribution is 2.35. The number of benzene rings is 1. The lowest BCUT2D eigenvalue weighted by Crippen LogP contribution is -2.34. The zero-order chi connectivity index (χ0) is 19.9. The molecule has 3 N–H and O–H groups in total. The maximum Gasteiger partial charge on any atom is 0.344 e. The van der Waals surface area contributed by atoms with Crippen LogP contribution in [-0.4, -0.2) is 59.1 Å². The van der Waals surface area contributed by atoms with Crippen molar-refractivity contribution < 1.29 is 34.4 Å². The highest BCUT2D eigenvalue weighted by Gasteiger charge is 2.20. The molecule has 0 aliphatic rings. The van der Waals surface area contributed by atoms with Gasteiger partial charge in [0.2, 0.25) is 0 Å². The first kappa shape index (κ1) is 22.4. The third-order valence-corrected chi connectivity index (χ3v) is 4.30. The fourth-order valence-corrected chi connectivity index (χ4v) is 2.22. The fourth-order valence-electron chi connectivity index (χ4n) is 1.76. The first-order chi connectivity index (χ1) is 12.2. The van der Waals surface area contributed by atoms with E-state index in [2.05, 4.69) is 6.58 Å². The first-order valence-corrected chi connectivity index (χ1v) is 8.44. The summed E-state index contributed by atoms with van der Waals surface area (Å²) in [6.45, 7) is 3.73. The minimum Gasteiger partial charge on any atom is -0.480 e. The summed E-state index contributed by atoms with van der Waals surface area (Å²) >= 11 is 12.2. The predicted molar refractivity (Wildman–Crippen MR) is 95.8 cm³/mol. The Morgan fingerprint density at radius 2 is 1.85 bits per heavy atom. The SMILES string of the molecule is C=C(CC)C(=O)c1ccc(OCC(=O)OC[C@H](O)[C@H](O)CO)c(Cl)c1Cl. The summed E-state index contributed by atoms with van der Waals surface area (Å²) in [4.78, 5) is 23.7. The monoisotopic (exact) mass is 406 g/mol. The number of aliphatic hydroxyl groups is 3. The van der Waals surface area contributed by atoms with Crippen LogP contribution in [-0.2, 0) is 9.53 Å². The highest BCUT2D eigenvalue weighted by atomic mass is 35.5. The van der Waals surface area contributed by atoms with Crippen LogP contribution in [0, 0.1) is 0 Å². The van der Waals surface area contributed by atoms with E-state index in [4.69, 9.17) is 42.9 Å². The average molecular weight is 407 g/mol. The third kappa shape index (κ3) is 5.96. The molecule has 0 unspecified atom stereocenters. The van der Waals surface area contributed by atoms with Crippen molar-refractivity contribution >= 4 is 35.0 Å². The summed E-state index contributed by atoms with van der Waals surface area (Å²) in [5.74, 6) is -1.09. The number of ether oxygens (including phenoxy) is 2. The van der Waals surface area contributed by atoms with E-state index >= 15 is 0 Å². The second-order valence-electron chi connectivity index (χ2n) is 5.31. The molecular weight excluding hydrogens is 387 g/mol. The van der Waals surface area contributed by atoms with Crippen LogP contribution in [0.25, 0.3) is 0 Å². The molecule has 0 radical (unpaired) electrons. The number of halogens is 2. The van der Waals surface area contributed by atoms with Crippen molar-refractivity contribution in [1.29, 1.82) is 0 Å². The van der Waals surface area contributed by atoms with Crippen molar-refractivity contribution in [2.24, 2.45) is 0 Å². The van der Waals surface area contributed by atoms with Crippen LogP contribution < -0.4 is 4.74 Å². The van der Waals surface area contributed by atoms with Crippen LogP contribution in [0.4, 0.5) is 0 Å². The van der Waals surface area contributed by atoms with Gasteiger partial charge in [0.1, 0.15) is 29.6 Å². The average Bonchev–Trinajstić information content (AvgIpc) is 2.65. The van der Waals surface area contributed by atoms with Crippen LogP contribution in [0.5, 0.6) is 5.75 Å². The number of carbonyl (C=O) groups excluding carboxylic acids is 2. The Kier molecular flexibility index (Phi) is 9.04. The Bertz CT molecular complexity index is 675. The molecule has 0 bridgehead atoms. The van der Waals surface area contributed by atoms with Crippen molar-refractivity contribution in [3.63, 3.8) is 0 Å². The van der Waals surface area contributed by atoms with E-state index in [1.54, 1.807) is 6.92 Å². The molecule has 0 aliphatic heterocycles. The number of hydrogen-bond acceptors (Lipinski definition) is 7. The Morgan fingerprint density at radius 3 is 2.42 bits per heavy atom. The van der Waals surface area contributed by atoms with Crippen LogP contribution in [0.15, 0.2) is 24.3 Å². The molecule has 0 aromatic heterocycles. The lowest BCUT2D eigenvalue weighted by atomic mass is 10.0. The summed E-state index contributed by atoms with van der Waals surface area (Å²) in [6, 6.07) is 2.81. The van der Waals surface area contributed by atoms with Crippen LogP contribution in [0.3, 0.4) is 0 Å². The highest BCUT2D eigenvalue weighted by molar-refractivity contribution is 6.45. The number of Topliss-reactive ketones (excluding diaryl/α,β-unsaturated/α-hetero) is 1. The van der Waals surface area contributed by atoms with Gasteiger partial charge in [-0.25, -0.2) is 4.79 Å². The number of carbonyl (C=O) groups is 2. The number of esters is 1. The summed E-state index contributed by atoms with van der Waals surface area (Å²) in [5.41, 5.74) is 0.559. The normalized spacial score (nSPS) is 13.0. The molecule has 0 saturated carbocycles. The van der Waals surface area contributed by atoms with Gasteiger partial charge in [0, 0.05) is 5.56 Å². The van der Waals surface area contributed by atoms with E-state index in [1.165, 1.54) is 12.1 Å². The molecule has 1 aromatic carbocycles. The molecule has 0 spiro atoms. The molecule has 0 heterocycles. The van der Waals surface area contributed by atoms with Crippen LogP contribution >= 0.6 is 23.2 Å². The van der Waals surface area contributed by atoms with Crippen molar-refractivity contribution in [3.05, 3.63) is 39.9 Å². The molecule has 1 aromatic rings. The van der Waals surface area contributed by atoms with Gasteiger partial charge in [0.15, 0.2) is 12.4 Å². The molecule has 7 nitrogen and oxygen atoms in total. The van der Waals surface area contributed by atoms with Gasteiger partial charge in [-0.15, -0.1) is 0 Å². The largest absolute Gasteiger partial charge is 0.480 e. The van der Waals surface area contributed by atoms with Gasteiger partial charge >= 0.3 is 5.97 Å². The number of aliphatic hydroxyl groups excluding tert-OH is 3. The van der Waals surface area contributed by atoms with Crippen molar-refractivity contribution in [3.8, 4) is 5.75 Å². The van der Waals surface area contributed by atoms with E-state index in [0.29, 0.717) is 12.0 Å². The van der Waals surface area contributed by atoms with E-state index < -0.39 is 38.0 Å². The van der Waals surface area contributed by atoms with Crippen LogP contribution in [0.1, 0.15) is 23.7 Å². The van der Waals surface area contributed by atoms with Crippen molar-refractivity contribution in [1.82, 2.24) is 0 Å². The number of rotatable bonds is 10. The fraction of sp³-hybridized carbons (Fsp3) is 0.412. The number of ketones is 1. The van der Waals surface area contributed by atoms with Crippen molar-refractivity contribution in [2.45, 2.75) is 25.6 Å². The Balaban J connectivity index is 2.69. The lowest BCUT2D eigenvalue weighted by Gasteiger charge is -2.16. The molecule has 9 heteroatoms. The van der Waals surface area contributed by atoms with Gasteiger partial charge in [-0.05, 0) is 24.1 Å². The summed E-state index contributed by atoms with van der Waals surface area (Å²) in [5, 5.41) is 27.1. The van der Waals surface area contributed by atoms with Gasteiger partial charge in [-0.2, -0.15) is 0 Å². The minimum atomic E-state index is -1.42. The second kappa shape index (κ2) is 10.5. The molecule has 1 rings (SSSR count). The Morgan fingerprint density at radius 1 is 1.19 bits per heavy atom.